The van der Waals surface area contributed by atoms with Gasteiger partial charge in [-0.05, 0) is 42.0 Å². The molecule has 2 aromatic rings. The zero-order valence-corrected chi connectivity index (χ0v) is 12.9. The molecule has 9 nitrogen and oxygen atoms in total. The maximum Gasteiger partial charge on any atom is 0.343 e. The van der Waals surface area contributed by atoms with E-state index in [-0.39, 0.29) is 22.8 Å². The zero-order valence-electron chi connectivity index (χ0n) is 12.1. The summed E-state index contributed by atoms with van der Waals surface area (Å²) in [7, 11) is -3.84. The average Bonchev–Trinajstić information content (AvgIpc) is 2.52. The first-order valence-electron chi connectivity index (χ1n) is 6.47. The van der Waals surface area contributed by atoms with Crippen LogP contribution in [0.5, 0.6) is 5.75 Å². The van der Waals surface area contributed by atoms with Gasteiger partial charge in [-0.1, -0.05) is 12.1 Å². The maximum absolute atomic E-state index is 12.0. The van der Waals surface area contributed by atoms with Crippen LogP contribution in [0.25, 0.3) is 0 Å². The van der Waals surface area contributed by atoms with Crippen molar-refractivity contribution >= 4 is 16.0 Å². The molecule has 0 aliphatic heterocycles. The zero-order chi connectivity index (χ0) is 17.7. The molecular formula is C14H12N2O7S. The van der Waals surface area contributed by atoms with Crippen molar-refractivity contribution in [1.82, 2.24) is 0 Å². The molecule has 10 heteroatoms. The van der Waals surface area contributed by atoms with Gasteiger partial charge in [-0.25, -0.2) is 18.4 Å². The van der Waals surface area contributed by atoms with Crippen LogP contribution in [-0.4, -0.2) is 19.5 Å². The van der Waals surface area contributed by atoms with Crippen LogP contribution in [0.15, 0.2) is 53.4 Å². The first kappa shape index (κ1) is 17.4. The van der Waals surface area contributed by atoms with Gasteiger partial charge in [0.25, 0.3) is 5.09 Å². The molecule has 0 bridgehead atoms. The lowest BCUT2D eigenvalue weighted by atomic mass is 10.2. The second-order valence-corrected chi connectivity index (χ2v) is 6.16. The Kier molecular flexibility index (Phi) is 5.11. The monoisotopic (exact) mass is 352 g/mol. The fourth-order valence-corrected chi connectivity index (χ4v) is 2.29. The van der Waals surface area contributed by atoms with E-state index in [4.69, 9.17) is 9.88 Å². The number of nitrogens with two attached hydrogens (primary N) is 1. The van der Waals surface area contributed by atoms with Crippen LogP contribution in [0.1, 0.15) is 15.9 Å². The van der Waals surface area contributed by atoms with E-state index in [1.807, 2.05) is 0 Å². The van der Waals surface area contributed by atoms with Gasteiger partial charge in [0.2, 0.25) is 10.0 Å². The topological polar surface area (TPSA) is 139 Å². The molecule has 0 radical (unpaired) electrons. The lowest BCUT2D eigenvalue weighted by Gasteiger charge is -2.07. The van der Waals surface area contributed by atoms with E-state index in [0.717, 1.165) is 0 Å². The highest BCUT2D eigenvalue weighted by Gasteiger charge is 2.12. The number of carbonyl (C=O) groups is 1. The Balaban J connectivity index is 2.09. The van der Waals surface area contributed by atoms with Gasteiger partial charge in [-0.3, -0.25) is 0 Å². The number of benzene rings is 2. The summed E-state index contributed by atoms with van der Waals surface area (Å²) in [5.41, 5.74) is 0.566. The third-order valence-electron chi connectivity index (χ3n) is 2.86. The number of sulfonamides is 1. The fraction of sp³-hybridized carbons (Fsp3) is 0.0714. The highest BCUT2D eigenvalue weighted by molar-refractivity contribution is 7.89. The lowest BCUT2D eigenvalue weighted by Crippen LogP contribution is -2.13. The van der Waals surface area contributed by atoms with Gasteiger partial charge in [0.1, 0.15) is 12.4 Å². The van der Waals surface area contributed by atoms with Crippen molar-refractivity contribution in [3.05, 3.63) is 69.8 Å². The van der Waals surface area contributed by atoms with Gasteiger partial charge in [-0.15, -0.1) is 10.1 Å². The molecule has 126 valence electrons. The van der Waals surface area contributed by atoms with Crippen LogP contribution in [0.4, 0.5) is 0 Å². The minimum atomic E-state index is -3.84. The van der Waals surface area contributed by atoms with Crippen LogP contribution in [0.2, 0.25) is 0 Å². The summed E-state index contributed by atoms with van der Waals surface area (Å²) in [5, 5.41) is 14.2. The van der Waals surface area contributed by atoms with E-state index in [1.54, 1.807) is 12.1 Å². The predicted octanol–water partition coefficient (Wildman–Crippen LogP) is 1.26. The lowest BCUT2D eigenvalue weighted by molar-refractivity contribution is -0.763. The Morgan fingerprint density at radius 1 is 1.17 bits per heavy atom. The van der Waals surface area contributed by atoms with E-state index in [0.29, 0.717) is 5.56 Å². The Hall–Kier alpha value is -2.98. The first-order chi connectivity index (χ1) is 11.3. The number of primary sulfonamides is 1. The molecule has 0 unspecified atom stereocenters. The summed E-state index contributed by atoms with van der Waals surface area (Å²) in [6, 6.07) is 10.9. The van der Waals surface area contributed by atoms with Crippen LogP contribution in [0, 0.1) is 10.1 Å². The Morgan fingerprint density at radius 2 is 1.83 bits per heavy atom. The standard InChI is InChI=1S/C14H12N2O7S/c15-24(20,21)13-6-4-11(5-7-13)14(17)23-12-3-1-2-10(8-12)9-22-16(18)19/h1-8H,9H2,(H2,15,20,21). The molecule has 0 spiro atoms. The Bertz CT molecular complexity index is 863. The fourth-order valence-electron chi connectivity index (χ4n) is 1.77. The molecule has 0 amide bonds. The van der Waals surface area contributed by atoms with Gasteiger partial charge in [0.15, 0.2) is 0 Å². The van der Waals surface area contributed by atoms with Crippen molar-refractivity contribution in [3.63, 3.8) is 0 Å². The molecule has 2 rings (SSSR count). The quantitative estimate of drug-likeness (QED) is 0.357. The largest absolute Gasteiger partial charge is 0.423 e. The number of ether oxygens (including phenoxy) is 1. The molecule has 2 N–H and O–H groups in total. The normalized spacial score (nSPS) is 10.9. The summed E-state index contributed by atoms with van der Waals surface area (Å²) in [5.74, 6) is -0.553. The molecule has 0 fully saturated rings. The third kappa shape index (κ3) is 4.76. The predicted molar refractivity (Wildman–Crippen MR) is 81.0 cm³/mol. The third-order valence-corrected chi connectivity index (χ3v) is 3.79. The van der Waals surface area contributed by atoms with Crippen molar-refractivity contribution in [3.8, 4) is 5.75 Å². The average molecular weight is 352 g/mol. The SMILES string of the molecule is NS(=O)(=O)c1ccc(C(=O)Oc2cccc(CO[N+](=O)[O-])c2)cc1. The van der Waals surface area contributed by atoms with Crippen LogP contribution < -0.4 is 9.88 Å². The maximum atomic E-state index is 12.0. The van der Waals surface area contributed by atoms with Gasteiger partial charge in [-0.2, -0.15) is 0 Å². The van der Waals surface area contributed by atoms with E-state index >= 15 is 0 Å². The van der Waals surface area contributed by atoms with Crippen molar-refractivity contribution in [2.75, 3.05) is 0 Å². The molecule has 0 saturated carbocycles. The van der Waals surface area contributed by atoms with E-state index in [1.165, 1.54) is 36.4 Å². The van der Waals surface area contributed by atoms with Gasteiger partial charge in [0.05, 0.1) is 10.5 Å². The minimum Gasteiger partial charge on any atom is -0.423 e. The summed E-state index contributed by atoms with van der Waals surface area (Å²) in [6.07, 6.45) is 0. The number of hydrogen-bond donors (Lipinski definition) is 1. The van der Waals surface area contributed by atoms with Crippen LogP contribution >= 0.6 is 0 Å². The Morgan fingerprint density at radius 3 is 2.42 bits per heavy atom. The summed E-state index contributed by atoms with van der Waals surface area (Å²) >= 11 is 0. The molecule has 2 aromatic carbocycles. The van der Waals surface area contributed by atoms with Crippen LogP contribution in [0.3, 0.4) is 0 Å². The van der Waals surface area contributed by atoms with E-state index < -0.39 is 21.1 Å². The first-order valence-corrected chi connectivity index (χ1v) is 8.01. The van der Waals surface area contributed by atoms with Crippen LogP contribution in [-0.2, 0) is 21.5 Å². The van der Waals surface area contributed by atoms with E-state index in [2.05, 4.69) is 4.84 Å². The summed E-state index contributed by atoms with van der Waals surface area (Å²) < 4.78 is 27.4. The summed E-state index contributed by atoms with van der Waals surface area (Å²) in [6.45, 7) is -0.276. The molecule has 0 saturated heterocycles. The van der Waals surface area contributed by atoms with Gasteiger partial charge in [0, 0.05) is 0 Å². The second kappa shape index (κ2) is 7.06. The molecule has 0 atom stereocenters. The minimum absolute atomic E-state index is 0.120. The number of carbonyl (C=O) groups excluding carboxylic acids is 1. The highest BCUT2D eigenvalue weighted by atomic mass is 32.2. The molecule has 0 heterocycles. The van der Waals surface area contributed by atoms with Gasteiger partial charge >= 0.3 is 5.97 Å². The van der Waals surface area contributed by atoms with Crippen molar-refractivity contribution in [2.45, 2.75) is 11.5 Å². The van der Waals surface area contributed by atoms with Crippen molar-refractivity contribution in [2.24, 2.45) is 5.14 Å². The molecular weight excluding hydrogens is 340 g/mol. The smallest absolute Gasteiger partial charge is 0.343 e. The number of nitrogens with zero attached hydrogens (tertiary/aromatic N) is 1. The molecule has 0 aromatic heterocycles. The molecule has 24 heavy (non-hydrogen) atoms. The van der Waals surface area contributed by atoms with Gasteiger partial charge < -0.3 is 9.57 Å². The highest BCUT2D eigenvalue weighted by Crippen LogP contribution is 2.17. The molecule has 0 aliphatic rings. The number of hydrogen-bond acceptors (Lipinski definition) is 7. The number of esters is 1. The number of rotatable bonds is 6. The second-order valence-electron chi connectivity index (χ2n) is 4.60. The van der Waals surface area contributed by atoms with Crippen molar-refractivity contribution < 1.29 is 27.9 Å². The van der Waals surface area contributed by atoms with Crippen molar-refractivity contribution in [1.29, 1.82) is 0 Å². The summed E-state index contributed by atoms with van der Waals surface area (Å²) in [4.78, 5) is 26.3. The Labute approximate surface area is 136 Å². The molecule has 0 aliphatic carbocycles. The van der Waals surface area contributed by atoms with E-state index in [9.17, 15) is 23.3 Å².